The number of rotatable bonds is 8. The van der Waals surface area contributed by atoms with Gasteiger partial charge in [0, 0.05) is 18.5 Å². The predicted octanol–water partition coefficient (Wildman–Crippen LogP) is 0.189. The second-order valence-electron chi connectivity index (χ2n) is 6.21. The van der Waals surface area contributed by atoms with Crippen molar-refractivity contribution in [3.63, 3.8) is 0 Å². The van der Waals surface area contributed by atoms with Crippen molar-refractivity contribution in [1.29, 1.82) is 0 Å². The van der Waals surface area contributed by atoms with Gasteiger partial charge in [0.15, 0.2) is 23.0 Å². The number of phenols is 4. The second kappa shape index (κ2) is 9.31. The normalized spacial score (nSPS) is 11.4. The first-order valence-corrected chi connectivity index (χ1v) is 8.58. The van der Waals surface area contributed by atoms with Crippen molar-refractivity contribution in [2.24, 2.45) is 5.73 Å². The Morgan fingerprint density at radius 1 is 0.931 bits per heavy atom. The lowest BCUT2D eigenvalue weighted by Crippen LogP contribution is -2.47. The molecule has 0 fully saturated rings. The van der Waals surface area contributed by atoms with E-state index in [-0.39, 0.29) is 36.3 Å². The fourth-order valence-corrected chi connectivity index (χ4v) is 2.53. The highest BCUT2D eigenvalue weighted by Gasteiger charge is 2.24. The summed E-state index contributed by atoms with van der Waals surface area (Å²) in [5.41, 5.74) is 5.09. The van der Waals surface area contributed by atoms with Gasteiger partial charge in [0.25, 0.3) is 5.91 Å². The lowest BCUT2D eigenvalue weighted by Gasteiger charge is -2.19. The first-order chi connectivity index (χ1) is 13.7. The molecule has 0 unspecified atom stereocenters. The molecule has 2 aromatic carbocycles. The second-order valence-corrected chi connectivity index (χ2v) is 6.21. The Balaban J connectivity index is 2.12. The first-order valence-electron chi connectivity index (χ1n) is 8.58. The van der Waals surface area contributed by atoms with Crippen LogP contribution >= 0.6 is 0 Å². The molecule has 1 atom stereocenters. The molecule has 3 amide bonds. The number of amides is 3. The maximum Gasteiger partial charge on any atom is 0.255 e. The number of benzene rings is 2. The molecule has 0 heterocycles. The SMILES string of the molecule is NC(=O)CC[C@H](NC(=O)c1cccc(O)c1O)C(=O)NCc1cccc(O)c1O. The summed E-state index contributed by atoms with van der Waals surface area (Å²) in [5.74, 6) is -4.10. The van der Waals surface area contributed by atoms with E-state index < -0.39 is 41.0 Å². The molecule has 0 aliphatic heterocycles. The highest BCUT2D eigenvalue weighted by Crippen LogP contribution is 2.29. The maximum atomic E-state index is 12.5. The van der Waals surface area contributed by atoms with Gasteiger partial charge in [0.2, 0.25) is 11.8 Å². The number of phenolic OH excluding ortho intramolecular Hbond substituents is 4. The zero-order valence-corrected chi connectivity index (χ0v) is 15.3. The highest BCUT2D eigenvalue weighted by molar-refractivity contribution is 6.00. The van der Waals surface area contributed by atoms with E-state index in [1.165, 1.54) is 36.4 Å². The van der Waals surface area contributed by atoms with Crippen molar-refractivity contribution in [2.75, 3.05) is 0 Å². The smallest absolute Gasteiger partial charge is 0.255 e. The summed E-state index contributed by atoms with van der Waals surface area (Å²) in [6.45, 7) is -0.153. The van der Waals surface area contributed by atoms with Crippen LogP contribution in [-0.4, -0.2) is 44.2 Å². The molecule has 0 saturated carbocycles. The van der Waals surface area contributed by atoms with Crippen LogP contribution in [0, 0.1) is 0 Å². The van der Waals surface area contributed by atoms with Crippen LogP contribution in [0.3, 0.4) is 0 Å². The van der Waals surface area contributed by atoms with Gasteiger partial charge >= 0.3 is 0 Å². The van der Waals surface area contributed by atoms with Crippen LogP contribution in [0.5, 0.6) is 23.0 Å². The van der Waals surface area contributed by atoms with Crippen LogP contribution in [0.4, 0.5) is 0 Å². The van der Waals surface area contributed by atoms with E-state index in [4.69, 9.17) is 5.73 Å². The van der Waals surface area contributed by atoms with Gasteiger partial charge in [-0.25, -0.2) is 0 Å². The molecule has 0 aromatic heterocycles. The standard InChI is InChI=1S/C19H21N3O7/c20-15(25)8-7-12(22-18(28)11-4-2-6-14(24)17(11)27)19(29)21-9-10-3-1-5-13(23)16(10)26/h1-6,12,23-24,26-27H,7-9H2,(H2,20,25)(H,21,29)(H,22,28)/t12-/m0/s1. The average molecular weight is 403 g/mol. The molecule has 10 heteroatoms. The molecule has 154 valence electrons. The lowest BCUT2D eigenvalue weighted by atomic mass is 10.1. The largest absolute Gasteiger partial charge is 0.504 e. The molecule has 0 saturated heterocycles. The molecule has 2 aromatic rings. The summed E-state index contributed by atoms with van der Waals surface area (Å²) >= 11 is 0. The number of primary amides is 1. The van der Waals surface area contributed by atoms with Crippen molar-refractivity contribution in [3.05, 3.63) is 47.5 Å². The Kier molecular flexibility index (Phi) is 6.85. The number of aromatic hydroxyl groups is 4. The van der Waals surface area contributed by atoms with Gasteiger partial charge in [0.05, 0.1) is 5.56 Å². The number of nitrogens with one attached hydrogen (secondary N) is 2. The molecule has 0 spiro atoms. The van der Waals surface area contributed by atoms with Gasteiger partial charge in [-0.2, -0.15) is 0 Å². The molecular formula is C19H21N3O7. The van der Waals surface area contributed by atoms with Gasteiger partial charge in [-0.15, -0.1) is 0 Å². The Labute approximate surface area is 165 Å². The number of carbonyl (C=O) groups excluding carboxylic acids is 3. The van der Waals surface area contributed by atoms with Crippen LogP contribution in [-0.2, 0) is 16.1 Å². The number of para-hydroxylation sites is 2. The number of nitrogens with two attached hydrogens (primary N) is 1. The quantitative estimate of drug-likeness (QED) is 0.307. The van der Waals surface area contributed by atoms with Gasteiger partial charge in [0.1, 0.15) is 6.04 Å². The van der Waals surface area contributed by atoms with Crippen LogP contribution in [0.1, 0.15) is 28.8 Å². The first kappa shape index (κ1) is 21.4. The van der Waals surface area contributed by atoms with E-state index in [0.29, 0.717) is 0 Å². The van der Waals surface area contributed by atoms with Crippen LogP contribution < -0.4 is 16.4 Å². The van der Waals surface area contributed by atoms with Gasteiger partial charge < -0.3 is 36.8 Å². The zero-order valence-electron chi connectivity index (χ0n) is 15.3. The maximum absolute atomic E-state index is 12.5. The van der Waals surface area contributed by atoms with Crippen molar-refractivity contribution in [2.45, 2.75) is 25.4 Å². The average Bonchev–Trinajstić information content (AvgIpc) is 2.67. The van der Waals surface area contributed by atoms with E-state index in [9.17, 15) is 34.8 Å². The summed E-state index contributed by atoms with van der Waals surface area (Å²) in [6, 6.07) is 6.83. The predicted molar refractivity (Wildman–Crippen MR) is 101 cm³/mol. The van der Waals surface area contributed by atoms with Crippen LogP contribution in [0.25, 0.3) is 0 Å². The monoisotopic (exact) mass is 403 g/mol. The minimum Gasteiger partial charge on any atom is -0.504 e. The molecular weight excluding hydrogens is 382 g/mol. The Morgan fingerprint density at radius 3 is 2.21 bits per heavy atom. The molecule has 0 bridgehead atoms. The van der Waals surface area contributed by atoms with E-state index in [1.54, 1.807) is 0 Å². The summed E-state index contributed by atoms with van der Waals surface area (Å²) in [7, 11) is 0. The summed E-state index contributed by atoms with van der Waals surface area (Å²) in [6.07, 6.45) is -0.305. The number of carbonyl (C=O) groups is 3. The Hall–Kier alpha value is -3.95. The summed E-state index contributed by atoms with van der Waals surface area (Å²) < 4.78 is 0. The third-order valence-electron chi connectivity index (χ3n) is 4.11. The van der Waals surface area contributed by atoms with Crippen LogP contribution in [0.15, 0.2) is 36.4 Å². The van der Waals surface area contributed by atoms with Crippen LogP contribution in [0.2, 0.25) is 0 Å². The fourth-order valence-electron chi connectivity index (χ4n) is 2.53. The minimum atomic E-state index is -1.18. The van der Waals surface area contributed by atoms with Gasteiger partial charge in [-0.05, 0) is 24.6 Å². The zero-order chi connectivity index (χ0) is 21.6. The van der Waals surface area contributed by atoms with Crippen molar-refractivity contribution in [3.8, 4) is 23.0 Å². The van der Waals surface area contributed by atoms with E-state index >= 15 is 0 Å². The number of hydrogen-bond acceptors (Lipinski definition) is 7. The Bertz CT molecular complexity index is 930. The highest BCUT2D eigenvalue weighted by atomic mass is 16.3. The minimum absolute atomic E-state index is 0.113. The lowest BCUT2D eigenvalue weighted by molar-refractivity contribution is -0.123. The Morgan fingerprint density at radius 2 is 1.55 bits per heavy atom. The van der Waals surface area contributed by atoms with Gasteiger partial charge in [-0.3, -0.25) is 14.4 Å². The van der Waals surface area contributed by atoms with Gasteiger partial charge in [-0.1, -0.05) is 18.2 Å². The molecule has 2 rings (SSSR count). The third-order valence-corrected chi connectivity index (χ3v) is 4.11. The van der Waals surface area contributed by atoms with Crippen molar-refractivity contribution in [1.82, 2.24) is 10.6 Å². The summed E-state index contributed by atoms with van der Waals surface area (Å²) in [4.78, 5) is 36.0. The molecule has 29 heavy (non-hydrogen) atoms. The molecule has 10 nitrogen and oxygen atoms in total. The van der Waals surface area contributed by atoms with E-state index in [2.05, 4.69) is 10.6 Å². The van der Waals surface area contributed by atoms with Crippen molar-refractivity contribution < 1.29 is 34.8 Å². The molecule has 0 aliphatic carbocycles. The summed E-state index contributed by atoms with van der Waals surface area (Å²) in [5, 5.41) is 43.5. The number of hydrogen-bond donors (Lipinski definition) is 7. The van der Waals surface area contributed by atoms with Crippen molar-refractivity contribution >= 4 is 17.7 Å². The topological polar surface area (TPSA) is 182 Å². The van der Waals surface area contributed by atoms with E-state index in [1.807, 2.05) is 0 Å². The fraction of sp³-hybridized carbons (Fsp3) is 0.211. The third kappa shape index (κ3) is 5.51. The molecule has 8 N–H and O–H groups in total. The molecule has 0 aliphatic rings. The van der Waals surface area contributed by atoms with E-state index in [0.717, 1.165) is 0 Å². The molecule has 0 radical (unpaired) electrons.